The Balaban J connectivity index is 1.63. The normalized spacial score (nSPS) is 17.4. The van der Waals surface area contributed by atoms with Crippen LogP contribution in [0.3, 0.4) is 0 Å². The topological polar surface area (TPSA) is 57.3 Å². The Morgan fingerprint density at radius 3 is 2.34 bits per heavy atom. The van der Waals surface area contributed by atoms with Gasteiger partial charge in [-0.15, -0.1) is 0 Å². The number of hydrogen-bond donors (Lipinski definition) is 0. The number of benzene rings is 3. The molecule has 3 aromatic rings. The third kappa shape index (κ3) is 3.69. The molecular weight excluding hydrogens is 368 g/mol. The molecule has 5 heteroatoms. The number of rotatable bonds is 8. The van der Waals surface area contributed by atoms with Crippen LogP contribution in [-0.2, 0) is 16.9 Å². The van der Waals surface area contributed by atoms with Gasteiger partial charge in [-0.25, -0.2) is 0 Å². The highest BCUT2D eigenvalue weighted by atomic mass is 16.6. The molecule has 0 saturated carbocycles. The molecule has 1 unspecified atom stereocenters. The van der Waals surface area contributed by atoms with Gasteiger partial charge in [0.2, 0.25) is 5.78 Å². The molecule has 0 aromatic heterocycles. The van der Waals surface area contributed by atoms with Crippen LogP contribution >= 0.6 is 0 Å². The van der Waals surface area contributed by atoms with Gasteiger partial charge in [0.25, 0.3) is 0 Å². The number of ketones is 1. The van der Waals surface area contributed by atoms with Crippen LogP contribution in [0.5, 0.6) is 17.2 Å². The van der Waals surface area contributed by atoms with Crippen molar-refractivity contribution in [3.63, 3.8) is 0 Å². The van der Waals surface area contributed by atoms with Crippen molar-refractivity contribution in [1.82, 2.24) is 0 Å². The summed E-state index contributed by atoms with van der Waals surface area (Å²) in [5, 5.41) is 0. The quantitative estimate of drug-likeness (QED) is 0.422. The lowest BCUT2D eigenvalue weighted by molar-refractivity contribution is 0.0863. The summed E-state index contributed by atoms with van der Waals surface area (Å²) in [5.41, 5.74) is 1.13. The standard InChI is InChI=1S/C24H22O5/c1-26-18-12-13-20(22(14-18)27-2)24(16-29-24)23(25)19-10-6-7-11-21(19)28-15-17-8-4-3-5-9-17/h3-14H,15-16H2,1-2H3. The van der Waals surface area contributed by atoms with Crippen LogP contribution in [0.2, 0.25) is 0 Å². The molecule has 0 amide bonds. The average Bonchev–Trinajstić information content (AvgIpc) is 3.59. The molecule has 1 aliphatic heterocycles. The molecule has 4 rings (SSSR count). The first-order valence-corrected chi connectivity index (χ1v) is 9.35. The summed E-state index contributed by atoms with van der Waals surface area (Å²) < 4.78 is 22.4. The number of carbonyl (C=O) groups is 1. The zero-order chi connectivity index (χ0) is 20.3. The highest BCUT2D eigenvalue weighted by molar-refractivity contribution is 6.07. The lowest BCUT2D eigenvalue weighted by Crippen LogP contribution is -2.24. The zero-order valence-corrected chi connectivity index (χ0v) is 16.4. The minimum Gasteiger partial charge on any atom is -0.497 e. The van der Waals surface area contributed by atoms with E-state index in [0.717, 1.165) is 5.56 Å². The fraction of sp³-hybridized carbons (Fsp3) is 0.208. The summed E-state index contributed by atoms with van der Waals surface area (Å²) in [4.78, 5) is 13.5. The summed E-state index contributed by atoms with van der Waals surface area (Å²) >= 11 is 0. The van der Waals surface area contributed by atoms with Crippen LogP contribution < -0.4 is 14.2 Å². The second-order valence-corrected chi connectivity index (χ2v) is 6.78. The number of Topliss-reactive ketones (excluding diaryl/α,β-unsaturated/α-hetero) is 1. The molecule has 29 heavy (non-hydrogen) atoms. The van der Waals surface area contributed by atoms with E-state index in [1.165, 1.54) is 0 Å². The van der Waals surface area contributed by atoms with E-state index >= 15 is 0 Å². The number of hydrogen-bond acceptors (Lipinski definition) is 5. The van der Waals surface area contributed by atoms with Crippen molar-refractivity contribution in [2.75, 3.05) is 20.8 Å². The fourth-order valence-electron chi connectivity index (χ4n) is 3.35. The lowest BCUT2D eigenvalue weighted by atomic mass is 9.90. The van der Waals surface area contributed by atoms with Crippen LogP contribution in [0.4, 0.5) is 0 Å². The maximum Gasteiger partial charge on any atom is 0.205 e. The predicted octanol–water partition coefficient (Wildman–Crippen LogP) is 4.39. The van der Waals surface area contributed by atoms with Gasteiger partial charge in [0.15, 0.2) is 5.60 Å². The highest BCUT2D eigenvalue weighted by Crippen LogP contribution is 2.47. The molecule has 0 spiro atoms. The van der Waals surface area contributed by atoms with Crippen molar-refractivity contribution < 1.29 is 23.7 Å². The van der Waals surface area contributed by atoms with Crippen LogP contribution in [-0.4, -0.2) is 26.6 Å². The van der Waals surface area contributed by atoms with Crippen molar-refractivity contribution in [2.45, 2.75) is 12.2 Å². The van der Waals surface area contributed by atoms with E-state index in [2.05, 4.69) is 0 Å². The number of para-hydroxylation sites is 1. The van der Waals surface area contributed by atoms with E-state index in [4.69, 9.17) is 18.9 Å². The van der Waals surface area contributed by atoms with E-state index in [1.54, 1.807) is 38.5 Å². The largest absolute Gasteiger partial charge is 0.497 e. The summed E-state index contributed by atoms with van der Waals surface area (Å²) in [6.45, 7) is 0.673. The maximum atomic E-state index is 13.5. The first-order valence-electron chi connectivity index (χ1n) is 9.35. The van der Waals surface area contributed by atoms with Crippen molar-refractivity contribution in [3.8, 4) is 17.2 Å². The van der Waals surface area contributed by atoms with E-state index in [0.29, 0.717) is 41.6 Å². The fourth-order valence-corrected chi connectivity index (χ4v) is 3.35. The number of carbonyl (C=O) groups excluding carboxylic acids is 1. The Bertz CT molecular complexity index is 1010. The minimum absolute atomic E-state index is 0.148. The molecule has 1 atom stereocenters. The van der Waals surface area contributed by atoms with Crippen molar-refractivity contribution in [1.29, 1.82) is 0 Å². The molecule has 1 heterocycles. The highest BCUT2D eigenvalue weighted by Gasteiger charge is 2.56. The minimum atomic E-state index is -1.07. The second kappa shape index (κ2) is 7.97. The molecule has 5 nitrogen and oxygen atoms in total. The maximum absolute atomic E-state index is 13.5. The van der Waals surface area contributed by atoms with Gasteiger partial charge in [0.1, 0.15) is 23.9 Å². The Kier molecular flexibility index (Phi) is 5.23. The molecule has 0 radical (unpaired) electrons. The Labute approximate surface area is 169 Å². The average molecular weight is 390 g/mol. The van der Waals surface area contributed by atoms with Gasteiger partial charge in [-0.05, 0) is 29.8 Å². The van der Waals surface area contributed by atoms with Gasteiger partial charge in [0, 0.05) is 11.6 Å². The first kappa shape index (κ1) is 19.0. The Morgan fingerprint density at radius 2 is 1.66 bits per heavy atom. The van der Waals surface area contributed by atoms with Crippen LogP contribution in [0.15, 0.2) is 72.8 Å². The lowest BCUT2D eigenvalue weighted by Gasteiger charge is -2.18. The van der Waals surface area contributed by atoms with Crippen LogP contribution in [0.25, 0.3) is 0 Å². The Hall–Kier alpha value is -3.31. The van der Waals surface area contributed by atoms with Crippen molar-refractivity contribution >= 4 is 5.78 Å². The van der Waals surface area contributed by atoms with E-state index < -0.39 is 5.60 Å². The Morgan fingerprint density at radius 1 is 0.931 bits per heavy atom. The van der Waals surface area contributed by atoms with Gasteiger partial charge < -0.3 is 18.9 Å². The van der Waals surface area contributed by atoms with Crippen LogP contribution in [0, 0.1) is 0 Å². The molecule has 1 saturated heterocycles. The third-order valence-corrected chi connectivity index (χ3v) is 5.01. The summed E-state index contributed by atoms with van der Waals surface area (Å²) in [6, 6.07) is 22.5. The molecule has 0 bridgehead atoms. The van der Waals surface area contributed by atoms with Gasteiger partial charge in [-0.3, -0.25) is 4.79 Å². The van der Waals surface area contributed by atoms with E-state index in [9.17, 15) is 4.79 Å². The van der Waals surface area contributed by atoms with Crippen molar-refractivity contribution in [3.05, 3.63) is 89.5 Å². The van der Waals surface area contributed by atoms with E-state index in [-0.39, 0.29) is 5.78 Å². The SMILES string of the molecule is COc1ccc(C2(C(=O)c3ccccc3OCc3ccccc3)CO2)c(OC)c1. The van der Waals surface area contributed by atoms with Crippen LogP contribution in [0.1, 0.15) is 21.5 Å². The van der Waals surface area contributed by atoms with Crippen molar-refractivity contribution in [2.24, 2.45) is 0 Å². The van der Waals surface area contributed by atoms with Gasteiger partial charge in [0.05, 0.1) is 26.4 Å². The molecule has 1 fully saturated rings. The summed E-state index contributed by atoms with van der Waals surface area (Å²) in [6.07, 6.45) is 0. The smallest absolute Gasteiger partial charge is 0.205 e. The van der Waals surface area contributed by atoms with Gasteiger partial charge in [-0.2, -0.15) is 0 Å². The van der Waals surface area contributed by atoms with Gasteiger partial charge >= 0.3 is 0 Å². The number of ether oxygens (including phenoxy) is 4. The van der Waals surface area contributed by atoms with E-state index in [1.807, 2.05) is 48.5 Å². The number of methoxy groups -OCH3 is 2. The summed E-state index contributed by atoms with van der Waals surface area (Å²) in [5.74, 6) is 1.59. The molecule has 1 aliphatic rings. The molecular formula is C24H22O5. The molecule has 3 aromatic carbocycles. The zero-order valence-electron chi connectivity index (χ0n) is 16.4. The molecule has 0 N–H and O–H groups in total. The van der Waals surface area contributed by atoms with Gasteiger partial charge in [-0.1, -0.05) is 42.5 Å². The summed E-state index contributed by atoms with van der Waals surface area (Å²) in [7, 11) is 3.15. The second-order valence-electron chi connectivity index (χ2n) is 6.78. The first-order chi connectivity index (χ1) is 14.2. The predicted molar refractivity (Wildman–Crippen MR) is 109 cm³/mol. The molecule has 148 valence electrons. The third-order valence-electron chi connectivity index (χ3n) is 5.01. The monoisotopic (exact) mass is 390 g/mol. The number of epoxide rings is 1. The molecule has 0 aliphatic carbocycles.